The highest BCUT2D eigenvalue weighted by Gasteiger charge is 2.28. The first-order valence-electron chi connectivity index (χ1n) is 5.62. The maximum atomic E-state index is 4.58. The Bertz CT molecular complexity index is 462. The molecule has 0 N–H and O–H groups in total. The number of amidine groups is 1. The van der Waals surface area contributed by atoms with Gasteiger partial charge in [-0.05, 0) is 30.7 Å². The summed E-state index contributed by atoms with van der Waals surface area (Å²) in [5.74, 6) is 0. The minimum atomic E-state index is 0.980. The number of aliphatic imine (C=N–C) groups is 1. The van der Waals surface area contributed by atoms with Crippen LogP contribution in [0.2, 0.25) is 0 Å². The number of nitrogens with zero attached hydrogens (tertiary/aromatic N) is 2. The van der Waals surface area contributed by atoms with Crippen LogP contribution in [0.25, 0.3) is 4.91 Å². The summed E-state index contributed by atoms with van der Waals surface area (Å²) in [6, 6.07) is 10.6. The molecule has 2 nitrogen and oxygen atoms in total. The van der Waals surface area contributed by atoms with Gasteiger partial charge in [-0.1, -0.05) is 30.3 Å². The molecular formula is C13H14N2S. The quantitative estimate of drug-likeness (QED) is 0.736. The van der Waals surface area contributed by atoms with Gasteiger partial charge in [0.15, 0.2) is 5.17 Å². The van der Waals surface area contributed by atoms with Crippen LogP contribution >= 0.6 is 11.8 Å². The van der Waals surface area contributed by atoms with E-state index < -0.39 is 0 Å². The van der Waals surface area contributed by atoms with Crippen molar-refractivity contribution in [1.82, 2.24) is 4.90 Å². The molecular weight excluding hydrogens is 216 g/mol. The summed E-state index contributed by atoms with van der Waals surface area (Å²) in [7, 11) is 0. The van der Waals surface area contributed by atoms with Gasteiger partial charge in [0, 0.05) is 23.7 Å². The molecule has 1 aromatic rings. The molecule has 2 heterocycles. The van der Waals surface area contributed by atoms with Crippen LogP contribution in [-0.2, 0) is 0 Å². The van der Waals surface area contributed by atoms with Crippen molar-refractivity contribution in [2.45, 2.75) is 13.3 Å². The van der Waals surface area contributed by atoms with Gasteiger partial charge in [0.25, 0.3) is 0 Å². The molecule has 3 heteroatoms. The summed E-state index contributed by atoms with van der Waals surface area (Å²) in [6.45, 7) is 4.30. The predicted molar refractivity (Wildman–Crippen MR) is 70.3 cm³/mol. The zero-order valence-electron chi connectivity index (χ0n) is 9.31. The van der Waals surface area contributed by atoms with Crippen molar-refractivity contribution in [1.29, 1.82) is 0 Å². The summed E-state index contributed by atoms with van der Waals surface area (Å²) < 4.78 is 0. The number of rotatable bonds is 1. The summed E-state index contributed by atoms with van der Waals surface area (Å²) in [6.07, 6.45) is 1.17. The van der Waals surface area contributed by atoms with Crippen molar-refractivity contribution in [2.24, 2.45) is 4.99 Å². The van der Waals surface area contributed by atoms with Gasteiger partial charge in [0.2, 0.25) is 0 Å². The van der Waals surface area contributed by atoms with Gasteiger partial charge in [-0.3, -0.25) is 4.99 Å². The molecule has 0 spiro atoms. The molecule has 2 aliphatic heterocycles. The highest BCUT2D eigenvalue weighted by atomic mass is 32.2. The smallest absolute Gasteiger partial charge is 0.168 e. The molecule has 0 amide bonds. The number of benzene rings is 1. The standard InChI is InChI=1S/C13H14N2S/c1-10-12(11-6-3-2-4-7-11)16-13-14-8-5-9-15(10)13/h2-4,6-7H,5,8-9H2,1H3. The lowest BCUT2D eigenvalue weighted by Crippen LogP contribution is -2.28. The van der Waals surface area contributed by atoms with E-state index in [0.717, 1.165) is 13.1 Å². The van der Waals surface area contributed by atoms with Gasteiger partial charge in [0.1, 0.15) is 0 Å². The summed E-state index contributed by atoms with van der Waals surface area (Å²) in [5, 5.41) is 1.18. The minimum absolute atomic E-state index is 0.980. The largest absolute Gasteiger partial charge is 0.324 e. The van der Waals surface area contributed by atoms with Crippen molar-refractivity contribution in [2.75, 3.05) is 13.1 Å². The molecule has 0 atom stereocenters. The van der Waals surface area contributed by atoms with E-state index in [1.54, 1.807) is 0 Å². The molecule has 1 aromatic carbocycles. The highest BCUT2D eigenvalue weighted by molar-refractivity contribution is 8.22. The molecule has 16 heavy (non-hydrogen) atoms. The first-order valence-corrected chi connectivity index (χ1v) is 6.44. The van der Waals surface area contributed by atoms with E-state index in [0.29, 0.717) is 0 Å². The highest BCUT2D eigenvalue weighted by Crippen LogP contribution is 2.41. The fourth-order valence-corrected chi connectivity index (χ4v) is 3.32. The molecule has 0 saturated heterocycles. The van der Waals surface area contributed by atoms with E-state index in [9.17, 15) is 0 Å². The number of hydrogen-bond donors (Lipinski definition) is 0. The van der Waals surface area contributed by atoms with Gasteiger partial charge in [-0.15, -0.1) is 0 Å². The predicted octanol–water partition coefficient (Wildman–Crippen LogP) is 3.18. The van der Waals surface area contributed by atoms with Gasteiger partial charge < -0.3 is 4.90 Å². The van der Waals surface area contributed by atoms with Crippen LogP contribution in [0.5, 0.6) is 0 Å². The van der Waals surface area contributed by atoms with E-state index in [4.69, 9.17) is 0 Å². The second-order valence-electron chi connectivity index (χ2n) is 4.05. The Hall–Kier alpha value is -1.22. The Morgan fingerprint density at radius 1 is 1.25 bits per heavy atom. The molecule has 3 rings (SSSR count). The molecule has 2 aliphatic rings. The summed E-state index contributed by atoms with van der Waals surface area (Å²) >= 11 is 1.81. The zero-order valence-corrected chi connectivity index (χ0v) is 10.1. The van der Waals surface area contributed by atoms with E-state index in [2.05, 4.69) is 47.1 Å². The molecule has 82 valence electrons. The van der Waals surface area contributed by atoms with Crippen molar-refractivity contribution >= 4 is 21.8 Å². The van der Waals surface area contributed by atoms with Crippen molar-refractivity contribution in [3.8, 4) is 0 Å². The fourth-order valence-electron chi connectivity index (χ4n) is 2.13. The third-order valence-corrected chi connectivity index (χ3v) is 4.25. The Kier molecular flexibility index (Phi) is 2.48. The molecule has 0 aliphatic carbocycles. The van der Waals surface area contributed by atoms with E-state index >= 15 is 0 Å². The number of thioether (sulfide) groups is 1. The number of hydrogen-bond acceptors (Lipinski definition) is 3. The van der Waals surface area contributed by atoms with Crippen LogP contribution in [0.4, 0.5) is 0 Å². The van der Waals surface area contributed by atoms with E-state index in [1.807, 2.05) is 11.8 Å². The van der Waals surface area contributed by atoms with Gasteiger partial charge >= 0.3 is 0 Å². The summed E-state index contributed by atoms with van der Waals surface area (Å²) in [4.78, 5) is 8.29. The van der Waals surface area contributed by atoms with Crippen LogP contribution in [0.1, 0.15) is 18.9 Å². The molecule has 0 fully saturated rings. The van der Waals surface area contributed by atoms with Gasteiger partial charge in [-0.25, -0.2) is 0 Å². The van der Waals surface area contributed by atoms with Crippen LogP contribution in [-0.4, -0.2) is 23.2 Å². The minimum Gasteiger partial charge on any atom is -0.324 e. The van der Waals surface area contributed by atoms with Crippen LogP contribution in [0, 0.1) is 0 Å². The monoisotopic (exact) mass is 230 g/mol. The first-order chi connectivity index (χ1) is 7.86. The molecule has 0 unspecified atom stereocenters. The lowest BCUT2D eigenvalue weighted by molar-refractivity contribution is 0.490. The maximum absolute atomic E-state index is 4.58. The van der Waals surface area contributed by atoms with Gasteiger partial charge in [0.05, 0.1) is 0 Å². The topological polar surface area (TPSA) is 15.6 Å². The SMILES string of the molecule is CC1=C(c2ccccc2)SC2=NCCCN21. The maximum Gasteiger partial charge on any atom is 0.168 e. The summed E-state index contributed by atoms with van der Waals surface area (Å²) in [5.41, 5.74) is 2.66. The normalized spacial score (nSPS) is 19.8. The average Bonchev–Trinajstić information content (AvgIpc) is 2.69. The number of fused-ring (bicyclic) bond motifs is 1. The Morgan fingerprint density at radius 2 is 2.06 bits per heavy atom. The van der Waals surface area contributed by atoms with Crippen molar-refractivity contribution < 1.29 is 0 Å². The van der Waals surface area contributed by atoms with Gasteiger partial charge in [-0.2, -0.15) is 0 Å². The van der Waals surface area contributed by atoms with Crippen LogP contribution < -0.4 is 0 Å². The van der Waals surface area contributed by atoms with E-state index in [1.165, 1.54) is 27.8 Å². The third kappa shape index (κ3) is 1.55. The Balaban J connectivity index is 2.01. The second kappa shape index (κ2) is 3.98. The van der Waals surface area contributed by atoms with Crippen molar-refractivity contribution in [3.05, 3.63) is 41.6 Å². The van der Waals surface area contributed by atoms with E-state index in [-0.39, 0.29) is 0 Å². The molecule has 0 bridgehead atoms. The Labute approximate surface area is 100 Å². The van der Waals surface area contributed by atoms with Crippen LogP contribution in [0.15, 0.2) is 41.0 Å². The first kappa shape index (κ1) is 9.97. The second-order valence-corrected chi connectivity index (χ2v) is 5.03. The third-order valence-electron chi connectivity index (χ3n) is 2.98. The average molecular weight is 230 g/mol. The lowest BCUT2D eigenvalue weighted by Gasteiger charge is -2.23. The van der Waals surface area contributed by atoms with Crippen LogP contribution in [0.3, 0.4) is 0 Å². The fraction of sp³-hybridized carbons (Fsp3) is 0.308. The van der Waals surface area contributed by atoms with Crippen molar-refractivity contribution in [3.63, 3.8) is 0 Å². The molecule has 0 saturated carbocycles. The molecule has 0 radical (unpaired) electrons. The lowest BCUT2D eigenvalue weighted by atomic mass is 10.2. The zero-order chi connectivity index (χ0) is 11.0. The Morgan fingerprint density at radius 3 is 2.81 bits per heavy atom. The molecule has 0 aromatic heterocycles. The number of allylic oxidation sites excluding steroid dienone is 1.